The maximum absolute atomic E-state index is 11.4. The van der Waals surface area contributed by atoms with E-state index < -0.39 is 0 Å². The molecule has 0 saturated heterocycles. The van der Waals surface area contributed by atoms with Gasteiger partial charge in [0.15, 0.2) is 0 Å². The van der Waals surface area contributed by atoms with Crippen LogP contribution in [0.3, 0.4) is 0 Å². The van der Waals surface area contributed by atoms with Crippen LogP contribution in [0.1, 0.15) is 19.3 Å². The molecule has 0 aromatic heterocycles. The highest BCUT2D eigenvalue weighted by atomic mass is 16.2. The Labute approximate surface area is 76.6 Å². The third-order valence-corrected chi connectivity index (χ3v) is 2.96. The summed E-state index contributed by atoms with van der Waals surface area (Å²) in [5, 5.41) is 0. The number of hydrogen-bond acceptors (Lipinski definition) is 4. The predicted octanol–water partition coefficient (Wildman–Crippen LogP) is -0.791. The van der Waals surface area contributed by atoms with Gasteiger partial charge in [-0.25, -0.2) is 0 Å². The van der Waals surface area contributed by atoms with Crippen molar-refractivity contribution in [2.45, 2.75) is 31.3 Å². The molecule has 2 aliphatic rings. The molecule has 2 fully saturated rings. The molecule has 0 aromatic carbocycles. The summed E-state index contributed by atoms with van der Waals surface area (Å²) in [5.74, 6) is -0.774. The lowest BCUT2D eigenvalue weighted by Gasteiger charge is -2.30. The van der Waals surface area contributed by atoms with E-state index in [0.29, 0.717) is 19.3 Å². The van der Waals surface area contributed by atoms with Gasteiger partial charge in [0, 0.05) is 23.9 Å². The highest BCUT2D eigenvalue weighted by Crippen LogP contribution is 2.33. The number of rotatable bonds is 3. The van der Waals surface area contributed by atoms with Crippen molar-refractivity contribution in [1.82, 2.24) is 0 Å². The Morgan fingerprint density at radius 2 is 1.54 bits per heavy atom. The van der Waals surface area contributed by atoms with Crippen molar-refractivity contribution in [2.75, 3.05) is 0 Å². The molecule has 4 nitrogen and oxygen atoms in total. The van der Waals surface area contributed by atoms with Gasteiger partial charge in [-0.15, -0.1) is 0 Å². The number of carbonyl (C=O) groups excluding carboxylic acids is 2. The second kappa shape index (κ2) is 2.89. The lowest BCUT2D eigenvalue weighted by atomic mass is 9.76. The van der Waals surface area contributed by atoms with Crippen LogP contribution in [0.15, 0.2) is 0 Å². The Hall–Kier alpha value is -0.740. The van der Waals surface area contributed by atoms with Crippen molar-refractivity contribution in [1.29, 1.82) is 0 Å². The number of nitrogens with two attached hydrogens (primary N) is 2. The molecule has 4 heteroatoms. The number of carbonyl (C=O) groups is 2. The summed E-state index contributed by atoms with van der Waals surface area (Å²) < 4.78 is 0. The topological polar surface area (TPSA) is 86.2 Å². The molecule has 4 N–H and O–H groups in total. The monoisotopic (exact) mass is 182 g/mol. The number of Topliss-reactive ketones (excluding diaryl/α,β-unsaturated/α-hetero) is 2. The van der Waals surface area contributed by atoms with Gasteiger partial charge in [-0.1, -0.05) is 0 Å². The Kier molecular flexibility index (Phi) is 1.96. The Bertz CT molecular complexity index is 258. The molecule has 0 aliphatic heterocycles. The fourth-order valence-corrected chi connectivity index (χ4v) is 1.78. The van der Waals surface area contributed by atoms with Gasteiger partial charge >= 0.3 is 0 Å². The van der Waals surface area contributed by atoms with E-state index in [1.807, 2.05) is 0 Å². The minimum absolute atomic E-state index is 0.0646. The molecule has 0 amide bonds. The first kappa shape index (κ1) is 8.84. The molecule has 72 valence electrons. The number of hydrogen-bond donors (Lipinski definition) is 2. The van der Waals surface area contributed by atoms with Crippen molar-refractivity contribution in [3.8, 4) is 0 Å². The maximum Gasteiger partial charge on any atom is 0.203 e. The van der Waals surface area contributed by atoms with E-state index in [2.05, 4.69) is 0 Å². The first-order valence-electron chi connectivity index (χ1n) is 4.69. The van der Waals surface area contributed by atoms with Crippen LogP contribution in [-0.4, -0.2) is 23.7 Å². The molecule has 0 heterocycles. The first-order chi connectivity index (χ1) is 6.09. The summed E-state index contributed by atoms with van der Waals surface area (Å²) in [6.07, 6.45) is 2.03. The van der Waals surface area contributed by atoms with Gasteiger partial charge in [-0.2, -0.15) is 0 Å². The van der Waals surface area contributed by atoms with Crippen LogP contribution >= 0.6 is 0 Å². The second-order valence-electron chi connectivity index (χ2n) is 4.16. The van der Waals surface area contributed by atoms with Crippen molar-refractivity contribution < 1.29 is 9.59 Å². The summed E-state index contributed by atoms with van der Waals surface area (Å²) in [6.45, 7) is 0. The van der Waals surface area contributed by atoms with Crippen molar-refractivity contribution in [3.63, 3.8) is 0 Å². The molecule has 0 radical (unpaired) electrons. The van der Waals surface area contributed by atoms with Crippen LogP contribution in [0, 0.1) is 11.8 Å². The zero-order chi connectivity index (χ0) is 9.59. The van der Waals surface area contributed by atoms with E-state index in [1.165, 1.54) is 0 Å². The molecule has 0 spiro atoms. The summed E-state index contributed by atoms with van der Waals surface area (Å²) in [6, 6.07) is 0.0554. The molecule has 13 heavy (non-hydrogen) atoms. The van der Waals surface area contributed by atoms with E-state index in [9.17, 15) is 9.59 Å². The Morgan fingerprint density at radius 3 is 1.92 bits per heavy atom. The molecule has 0 aromatic rings. The zero-order valence-corrected chi connectivity index (χ0v) is 7.40. The van der Waals surface area contributed by atoms with Crippen LogP contribution in [0.4, 0.5) is 0 Å². The first-order valence-corrected chi connectivity index (χ1v) is 4.69. The molecule has 2 saturated carbocycles. The molecule has 0 bridgehead atoms. The molecule has 2 atom stereocenters. The highest BCUT2D eigenvalue weighted by Gasteiger charge is 2.46. The third-order valence-electron chi connectivity index (χ3n) is 2.96. The van der Waals surface area contributed by atoms with Crippen LogP contribution in [-0.2, 0) is 9.59 Å². The third kappa shape index (κ3) is 1.51. The highest BCUT2D eigenvalue weighted by molar-refractivity contribution is 6.39. The van der Waals surface area contributed by atoms with Gasteiger partial charge < -0.3 is 11.5 Å². The van der Waals surface area contributed by atoms with E-state index in [1.54, 1.807) is 0 Å². The van der Waals surface area contributed by atoms with Gasteiger partial charge in [0.2, 0.25) is 11.6 Å². The van der Waals surface area contributed by atoms with Gasteiger partial charge in [-0.05, 0) is 19.3 Å². The van der Waals surface area contributed by atoms with Crippen molar-refractivity contribution >= 4 is 11.6 Å². The molecular weight excluding hydrogens is 168 g/mol. The quantitative estimate of drug-likeness (QED) is 0.560. The van der Waals surface area contributed by atoms with E-state index in [4.69, 9.17) is 11.5 Å². The summed E-state index contributed by atoms with van der Waals surface area (Å²) in [4.78, 5) is 22.8. The SMILES string of the molecule is NC1CC(C(=O)C(=O)C2CC2N)C1. The zero-order valence-electron chi connectivity index (χ0n) is 7.40. The summed E-state index contributed by atoms with van der Waals surface area (Å²) in [5.41, 5.74) is 11.0. The predicted molar refractivity (Wildman–Crippen MR) is 46.8 cm³/mol. The molecule has 2 rings (SSSR count). The maximum atomic E-state index is 11.4. The van der Waals surface area contributed by atoms with Gasteiger partial charge in [-0.3, -0.25) is 9.59 Å². The van der Waals surface area contributed by atoms with Crippen LogP contribution < -0.4 is 11.5 Å². The van der Waals surface area contributed by atoms with Crippen LogP contribution in [0.5, 0.6) is 0 Å². The van der Waals surface area contributed by atoms with E-state index in [0.717, 1.165) is 0 Å². The van der Waals surface area contributed by atoms with Crippen molar-refractivity contribution in [2.24, 2.45) is 23.3 Å². The van der Waals surface area contributed by atoms with E-state index in [-0.39, 0.29) is 35.5 Å². The van der Waals surface area contributed by atoms with Gasteiger partial charge in [0.1, 0.15) is 0 Å². The second-order valence-corrected chi connectivity index (χ2v) is 4.16. The Balaban J connectivity index is 1.87. The summed E-state index contributed by atoms with van der Waals surface area (Å²) >= 11 is 0. The van der Waals surface area contributed by atoms with Gasteiger partial charge in [0.25, 0.3) is 0 Å². The van der Waals surface area contributed by atoms with Gasteiger partial charge in [0.05, 0.1) is 0 Å². The largest absolute Gasteiger partial charge is 0.328 e. The van der Waals surface area contributed by atoms with Crippen LogP contribution in [0.25, 0.3) is 0 Å². The van der Waals surface area contributed by atoms with E-state index >= 15 is 0 Å². The average Bonchev–Trinajstić information content (AvgIpc) is 2.74. The fourth-order valence-electron chi connectivity index (χ4n) is 1.78. The smallest absolute Gasteiger partial charge is 0.203 e. The number of ketones is 2. The minimum Gasteiger partial charge on any atom is -0.328 e. The Morgan fingerprint density at radius 1 is 1.00 bits per heavy atom. The molecular formula is C9H14N2O2. The standard InChI is InChI=1S/C9H14N2O2/c10-5-1-4(2-5)8(12)9(13)6-3-7(6)11/h4-7H,1-3,10-11H2. The minimum atomic E-state index is -0.260. The lowest BCUT2D eigenvalue weighted by Crippen LogP contribution is -2.43. The average molecular weight is 182 g/mol. The summed E-state index contributed by atoms with van der Waals surface area (Å²) in [7, 11) is 0. The molecule has 2 unspecified atom stereocenters. The normalized spacial score (nSPS) is 42.3. The van der Waals surface area contributed by atoms with Crippen LogP contribution in [0.2, 0.25) is 0 Å². The molecule has 2 aliphatic carbocycles. The van der Waals surface area contributed by atoms with Crippen molar-refractivity contribution in [3.05, 3.63) is 0 Å². The fraction of sp³-hybridized carbons (Fsp3) is 0.778. The lowest BCUT2D eigenvalue weighted by molar-refractivity contribution is -0.141.